The minimum Gasteiger partial charge on any atom is -0.341 e. The number of imidazole rings is 1. The Labute approximate surface area is 126 Å². The average molecular weight is 284 g/mol. The van der Waals surface area contributed by atoms with E-state index in [4.69, 9.17) is 4.98 Å². The summed E-state index contributed by atoms with van der Waals surface area (Å²) in [4.78, 5) is 13.5. The summed E-state index contributed by atoms with van der Waals surface area (Å²) in [6.45, 7) is 8.07. The van der Waals surface area contributed by atoms with E-state index in [0.717, 1.165) is 23.9 Å². The normalized spacial score (nSPS) is 24.3. The minimum absolute atomic E-state index is 0.777. The van der Waals surface area contributed by atoms with Crippen molar-refractivity contribution in [1.82, 2.24) is 19.8 Å². The maximum Gasteiger partial charge on any atom is 0.121 e. The number of hydrogen-bond acceptors (Lipinski definition) is 3. The molecule has 2 aromatic rings. The van der Waals surface area contributed by atoms with E-state index >= 15 is 0 Å². The highest BCUT2D eigenvalue weighted by molar-refractivity contribution is 5.75. The van der Waals surface area contributed by atoms with Crippen molar-refractivity contribution in [3.05, 3.63) is 29.6 Å². The molecular weight excluding hydrogens is 260 g/mol. The zero-order valence-electron chi connectivity index (χ0n) is 12.8. The summed E-state index contributed by atoms with van der Waals surface area (Å²) in [5, 5.41) is 0. The first kappa shape index (κ1) is 13.3. The van der Waals surface area contributed by atoms with E-state index in [1.165, 1.54) is 56.5 Å². The highest BCUT2D eigenvalue weighted by Crippen LogP contribution is 2.22. The molecule has 4 rings (SSSR count). The molecule has 21 heavy (non-hydrogen) atoms. The van der Waals surface area contributed by atoms with Gasteiger partial charge in [-0.05, 0) is 63.5 Å². The van der Waals surface area contributed by atoms with Crippen LogP contribution in [-0.4, -0.2) is 52.0 Å². The molecule has 0 amide bonds. The fourth-order valence-corrected chi connectivity index (χ4v) is 3.89. The lowest BCUT2D eigenvalue weighted by Gasteiger charge is -2.24. The number of nitrogens with zero attached hydrogens (tertiary/aromatic N) is 3. The summed E-state index contributed by atoms with van der Waals surface area (Å²) in [6.07, 6.45) is 4.04. The van der Waals surface area contributed by atoms with E-state index in [2.05, 4.69) is 39.9 Å². The van der Waals surface area contributed by atoms with Crippen LogP contribution in [0, 0.1) is 6.92 Å². The molecule has 2 fully saturated rings. The highest BCUT2D eigenvalue weighted by Gasteiger charge is 2.28. The SMILES string of the molecule is Cc1ccc2nc(CN3CCCN4CCC[C@H]4C3)[nH]c2c1. The number of benzene rings is 1. The fourth-order valence-electron chi connectivity index (χ4n) is 3.89. The summed E-state index contributed by atoms with van der Waals surface area (Å²) < 4.78 is 0. The van der Waals surface area contributed by atoms with Crippen molar-refractivity contribution in [3.8, 4) is 0 Å². The Bertz CT molecular complexity index is 633. The zero-order valence-corrected chi connectivity index (χ0v) is 12.8. The number of H-pyrrole nitrogens is 1. The van der Waals surface area contributed by atoms with Crippen molar-refractivity contribution in [2.75, 3.05) is 26.2 Å². The van der Waals surface area contributed by atoms with Crippen molar-refractivity contribution in [3.63, 3.8) is 0 Å². The third-order valence-corrected chi connectivity index (χ3v) is 4.95. The van der Waals surface area contributed by atoms with Gasteiger partial charge in [0, 0.05) is 12.6 Å². The van der Waals surface area contributed by atoms with Gasteiger partial charge in [-0.2, -0.15) is 0 Å². The first-order valence-corrected chi connectivity index (χ1v) is 8.19. The molecule has 2 saturated heterocycles. The van der Waals surface area contributed by atoms with Gasteiger partial charge in [-0.15, -0.1) is 0 Å². The van der Waals surface area contributed by atoms with E-state index in [9.17, 15) is 0 Å². The first-order valence-electron chi connectivity index (χ1n) is 8.19. The molecule has 2 aliphatic heterocycles. The molecule has 0 aliphatic carbocycles. The largest absolute Gasteiger partial charge is 0.341 e. The zero-order chi connectivity index (χ0) is 14.2. The molecule has 112 valence electrons. The Balaban J connectivity index is 1.50. The Hall–Kier alpha value is -1.39. The Kier molecular flexibility index (Phi) is 3.43. The number of fused-ring (bicyclic) bond motifs is 2. The van der Waals surface area contributed by atoms with Gasteiger partial charge in [-0.3, -0.25) is 9.80 Å². The summed E-state index contributed by atoms with van der Waals surface area (Å²) in [6, 6.07) is 7.22. The van der Waals surface area contributed by atoms with E-state index in [1.807, 2.05) is 0 Å². The molecule has 0 saturated carbocycles. The minimum atomic E-state index is 0.777. The van der Waals surface area contributed by atoms with E-state index in [1.54, 1.807) is 0 Å². The van der Waals surface area contributed by atoms with Crippen LogP contribution in [0.25, 0.3) is 11.0 Å². The monoisotopic (exact) mass is 284 g/mol. The van der Waals surface area contributed by atoms with E-state index in [-0.39, 0.29) is 0 Å². The quantitative estimate of drug-likeness (QED) is 0.920. The van der Waals surface area contributed by atoms with Crippen molar-refractivity contribution in [1.29, 1.82) is 0 Å². The maximum atomic E-state index is 4.75. The van der Waals surface area contributed by atoms with Gasteiger partial charge < -0.3 is 4.98 Å². The summed E-state index contributed by atoms with van der Waals surface area (Å²) in [5.74, 6) is 1.11. The van der Waals surface area contributed by atoms with Crippen LogP contribution < -0.4 is 0 Å². The number of hydrogen-bond donors (Lipinski definition) is 1. The van der Waals surface area contributed by atoms with Crippen LogP contribution in [-0.2, 0) is 6.54 Å². The topological polar surface area (TPSA) is 35.2 Å². The molecule has 0 spiro atoms. The molecule has 0 bridgehead atoms. The van der Waals surface area contributed by atoms with E-state index < -0.39 is 0 Å². The Morgan fingerprint density at radius 2 is 2.14 bits per heavy atom. The molecule has 4 heteroatoms. The molecule has 1 aromatic heterocycles. The lowest BCUT2D eigenvalue weighted by Crippen LogP contribution is -2.36. The molecule has 1 atom stereocenters. The van der Waals surface area contributed by atoms with Crippen molar-refractivity contribution in [2.45, 2.75) is 38.8 Å². The smallest absolute Gasteiger partial charge is 0.121 e. The van der Waals surface area contributed by atoms with Gasteiger partial charge in [-0.1, -0.05) is 6.07 Å². The predicted octanol–water partition coefficient (Wildman–Crippen LogP) is 2.54. The molecule has 0 unspecified atom stereocenters. The standard InChI is InChI=1S/C17H24N4/c1-13-5-6-15-16(10-13)19-17(18-15)12-20-7-3-9-21-8-2-4-14(21)11-20/h5-6,10,14H,2-4,7-9,11-12H2,1H3,(H,18,19)/t14-/m0/s1. The van der Waals surface area contributed by atoms with Gasteiger partial charge in [0.2, 0.25) is 0 Å². The van der Waals surface area contributed by atoms with Crippen LogP contribution in [0.1, 0.15) is 30.7 Å². The van der Waals surface area contributed by atoms with Gasteiger partial charge in [0.05, 0.1) is 17.6 Å². The lowest BCUT2D eigenvalue weighted by atomic mass is 10.2. The number of rotatable bonds is 2. The number of aromatic nitrogens is 2. The summed E-state index contributed by atoms with van der Waals surface area (Å²) >= 11 is 0. The van der Waals surface area contributed by atoms with Gasteiger partial charge in [0.1, 0.15) is 5.82 Å². The molecule has 0 radical (unpaired) electrons. The van der Waals surface area contributed by atoms with Crippen LogP contribution in [0.3, 0.4) is 0 Å². The summed E-state index contributed by atoms with van der Waals surface area (Å²) in [7, 11) is 0. The van der Waals surface area contributed by atoms with Crippen molar-refractivity contribution >= 4 is 11.0 Å². The number of aryl methyl sites for hydroxylation is 1. The molecule has 4 nitrogen and oxygen atoms in total. The molecule has 1 N–H and O–H groups in total. The molecule has 3 heterocycles. The molecule has 1 aromatic carbocycles. The fraction of sp³-hybridized carbons (Fsp3) is 0.588. The van der Waals surface area contributed by atoms with Crippen molar-refractivity contribution < 1.29 is 0 Å². The maximum absolute atomic E-state index is 4.75. The first-order chi connectivity index (χ1) is 10.3. The molecule has 2 aliphatic rings. The van der Waals surface area contributed by atoms with Gasteiger partial charge >= 0.3 is 0 Å². The van der Waals surface area contributed by atoms with Crippen LogP contribution in [0.5, 0.6) is 0 Å². The second kappa shape index (κ2) is 5.43. The van der Waals surface area contributed by atoms with Crippen LogP contribution in [0.2, 0.25) is 0 Å². The second-order valence-electron chi connectivity index (χ2n) is 6.62. The predicted molar refractivity (Wildman–Crippen MR) is 85.3 cm³/mol. The summed E-state index contributed by atoms with van der Waals surface area (Å²) in [5.41, 5.74) is 3.55. The second-order valence-corrected chi connectivity index (χ2v) is 6.62. The number of aromatic amines is 1. The third-order valence-electron chi connectivity index (χ3n) is 4.95. The average Bonchev–Trinajstić information content (AvgIpc) is 3.00. The van der Waals surface area contributed by atoms with Gasteiger partial charge in [0.25, 0.3) is 0 Å². The van der Waals surface area contributed by atoms with Crippen LogP contribution in [0.15, 0.2) is 18.2 Å². The van der Waals surface area contributed by atoms with Crippen molar-refractivity contribution in [2.24, 2.45) is 0 Å². The third kappa shape index (κ3) is 2.70. The van der Waals surface area contributed by atoms with Crippen LogP contribution >= 0.6 is 0 Å². The highest BCUT2D eigenvalue weighted by atomic mass is 15.3. The van der Waals surface area contributed by atoms with E-state index in [0.29, 0.717) is 0 Å². The van der Waals surface area contributed by atoms with Gasteiger partial charge in [0.15, 0.2) is 0 Å². The number of nitrogens with one attached hydrogen (secondary N) is 1. The van der Waals surface area contributed by atoms with Gasteiger partial charge in [-0.25, -0.2) is 4.98 Å². The lowest BCUT2D eigenvalue weighted by molar-refractivity contribution is 0.213. The Morgan fingerprint density at radius 3 is 3.10 bits per heavy atom. The molecular formula is C17H24N4. The Morgan fingerprint density at radius 1 is 1.24 bits per heavy atom. The van der Waals surface area contributed by atoms with Crippen LogP contribution in [0.4, 0.5) is 0 Å².